The van der Waals surface area contributed by atoms with E-state index in [4.69, 9.17) is 4.74 Å². The number of amides is 1. The first kappa shape index (κ1) is 16.0. The molecule has 3 rings (SSSR count). The maximum Gasteiger partial charge on any atom is 0.257 e. The minimum Gasteiger partial charge on any atom is -0.494 e. The van der Waals surface area contributed by atoms with Gasteiger partial charge in [0.05, 0.1) is 12.3 Å². The number of thiazole rings is 1. The van der Waals surface area contributed by atoms with Crippen LogP contribution in [0.2, 0.25) is 0 Å². The number of ether oxygens (including phenoxy) is 1. The third-order valence-corrected chi connectivity index (χ3v) is 4.90. The summed E-state index contributed by atoms with van der Waals surface area (Å²) < 4.78 is 5.39. The Labute approximate surface area is 140 Å². The van der Waals surface area contributed by atoms with Crippen LogP contribution in [0.4, 0.5) is 5.13 Å². The van der Waals surface area contributed by atoms with Gasteiger partial charge in [0.15, 0.2) is 5.13 Å². The van der Waals surface area contributed by atoms with E-state index in [9.17, 15) is 4.79 Å². The third kappa shape index (κ3) is 3.71. The van der Waals surface area contributed by atoms with Gasteiger partial charge in [0.2, 0.25) is 0 Å². The minimum atomic E-state index is -0.133. The first-order chi connectivity index (χ1) is 11.2. The summed E-state index contributed by atoms with van der Waals surface area (Å²) in [5, 5.41) is 3.60. The second-order valence-corrected chi connectivity index (χ2v) is 6.50. The van der Waals surface area contributed by atoms with Crippen molar-refractivity contribution in [3.63, 3.8) is 0 Å². The van der Waals surface area contributed by atoms with E-state index in [-0.39, 0.29) is 5.91 Å². The first-order valence-corrected chi connectivity index (χ1v) is 8.76. The van der Waals surface area contributed by atoms with Crippen molar-refractivity contribution in [2.45, 2.75) is 26.8 Å². The highest BCUT2D eigenvalue weighted by Gasteiger charge is 2.20. The Morgan fingerprint density at radius 2 is 2.13 bits per heavy atom. The van der Waals surface area contributed by atoms with Crippen molar-refractivity contribution in [2.75, 3.05) is 25.0 Å². The quantitative estimate of drug-likeness (QED) is 0.914. The number of fused-ring (bicyclic) bond motifs is 1. The molecule has 1 aromatic heterocycles. The largest absolute Gasteiger partial charge is 0.494 e. The van der Waals surface area contributed by atoms with Crippen molar-refractivity contribution in [3.05, 3.63) is 40.4 Å². The Hall–Kier alpha value is -1.92. The number of anilines is 1. The van der Waals surface area contributed by atoms with Crippen molar-refractivity contribution in [2.24, 2.45) is 0 Å². The van der Waals surface area contributed by atoms with Crippen LogP contribution in [0.3, 0.4) is 0 Å². The average molecular weight is 331 g/mol. The molecule has 0 spiro atoms. The Bertz CT molecular complexity index is 682. The summed E-state index contributed by atoms with van der Waals surface area (Å²) in [4.78, 5) is 20.5. The zero-order valence-electron chi connectivity index (χ0n) is 13.5. The zero-order chi connectivity index (χ0) is 16.2. The molecule has 6 heteroatoms. The molecule has 0 saturated carbocycles. The molecule has 1 N–H and O–H groups in total. The van der Waals surface area contributed by atoms with Gasteiger partial charge in [-0.1, -0.05) is 6.92 Å². The Morgan fingerprint density at radius 1 is 1.35 bits per heavy atom. The first-order valence-electron chi connectivity index (χ1n) is 7.94. The molecule has 0 aliphatic carbocycles. The maximum absolute atomic E-state index is 12.3. The van der Waals surface area contributed by atoms with Crippen LogP contribution in [0, 0.1) is 0 Å². The summed E-state index contributed by atoms with van der Waals surface area (Å²) in [5.41, 5.74) is 1.73. The van der Waals surface area contributed by atoms with E-state index in [0.29, 0.717) is 17.3 Å². The molecule has 122 valence electrons. The molecular formula is C17H21N3O2S. The van der Waals surface area contributed by atoms with Gasteiger partial charge in [-0.2, -0.15) is 0 Å². The summed E-state index contributed by atoms with van der Waals surface area (Å²) in [6, 6.07) is 7.16. The topological polar surface area (TPSA) is 54.5 Å². The molecule has 5 nitrogen and oxygen atoms in total. The van der Waals surface area contributed by atoms with Crippen molar-refractivity contribution in [1.29, 1.82) is 0 Å². The molecule has 0 bridgehead atoms. The van der Waals surface area contributed by atoms with Crippen molar-refractivity contribution < 1.29 is 9.53 Å². The molecule has 0 fully saturated rings. The number of rotatable bonds is 5. The predicted molar refractivity (Wildman–Crippen MR) is 92.3 cm³/mol. The molecule has 1 amide bonds. The van der Waals surface area contributed by atoms with Gasteiger partial charge in [-0.15, -0.1) is 11.3 Å². The number of nitrogens with one attached hydrogen (secondary N) is 1. The van der Waals surface area contributed by atoms with E-state index in [1.165, 1.54) is 4.88 Å². The van der Waals surface area contributed by atoms with E-state index in [1.54, 1.807) is 23.5 Å². The number of hydrogen-bond acceptors (Lipinski definition) is 5. The predicted octanol–water partition coefficient (Wildman–Crippen LogP) is 3.17. The van der Waals surface area contributed by atoms with Gasteiger partial charge in [-0.3, -0.25) is 15.0 Å². The number of likely N-dealkylation sites (N-methyl/N-ethyl adjacent to an activating group) is 1. The fraction of sp³-hybridized carbons (Fsp3) is 0.412. The summed E-state index contributed by atoms with van der Waals surface area (Å²) in [6.07, 6.45) is 0.957. The van der Waals surface area contributed by atoms with E-state index in [0.717, 1.165) is 37.5 Å². The average Bonchev–Trinajstić information content (AvgIpc) is 2.96. The third-order valence-electron chi connectivity index (χ3n) is 3.91. The molecule has 1 aliphatic rings. The Kier molecular flexibility index (Phi) is 4.93. The van der Waals surface area contributed by atoms with Crippen LogP contribution < -0.4 is 10.1 Å². The zero-order valence-corrected chi connectivity index (χ0v) is 14.3. The van der Waals surface area contributed by atoms with Gasteiger partial charge in [0.1, 0.15) is 5.75 Å². The normalized spacial score (nSPS) is 14.3. The number of aromatic nitrogens is 1. The summed E-state index contributed by atoms with van der Waals surface area (Å²) in [6.45, 7) is 7.74. The number of nitrogens with zero attached hydrogens (tertiary/aromatic N) is 2. The summed E-state index contributed by atoms with van der Waals surface area (Å²) in [5.74, 6) is 0.639. The van der Waals surface area contributed by atoms with Gasteiger partial charge < -0.3 is 4.74 Å². The second kappa shape index (κ2) is 7.10. The van der Waals surface area contributed by atoms with Gasteiger partial charge >= 0.3 is 0 Å². The molecule has 0 radical (unpaired) electrons. The molecule has 0 unspecified atom stereocenters. The molecule has 1 aliphatic heterocycles. The Balaban J connectivity index is 1.67. The molecular weight excluding hydrogens is 310 g/mol. The highest BCUT2D eigenvalue weighted by Crippen LogP contribution is 2.28. The van der Waals surface area contributed by atoms with Crippen LogP contribution in [0.15, 0.2) is 24.3 Å². The van der Waals surface area contributed by atoms with Gasteiger partial charge in [0.25, 0.3) is 5.91 Å². The van der Waals surface area contributed by atoms with E-state index >= 15 is 0 Å². The standard InChI is InChI=1S/C17H21N3O2S/c1-3-20-10-9-14-15(11-20)23-17(18-14)19-16(21)12-5-7-13(8-6-12)22-4-2/h5-8H,3-4,9-11H2,1-2H3,(H,18,19,21). The number of benzene rings is 1. The molecule has 1 aromatic carbocycles. The SMILES string of the molecule is CCOc1ccc(C(=O)Nc2nc3c(s2)CN(CC)CC3)cc1. The summed E-state index contributed by atoms with van der Waals surface area (Å²) >= 11 is 1.58. The molecule has 2 heterocycles. The van der Waals surface area contributed by atoms with E-state index in [1.807, 2.05) is 19.1 Å². The van der Waals surface area contributed by atoms with Crippen LogP contribution in [0.1, 0.15) is 34.8 Å². The summed E-state index contributed by atoms with van der Waals surface area (Å²) in [7, 11) is 0. The lowest BCUT2D eigenvalue weighted by Gasteiger charge is -2.23. The maximum atomic E-state index is 12.3. The fourth-order valence-corrected chi connectivity index (χ4v) is 3.66. The van der Waals surface area contributed by atoms with Crippen LogP contribution >= 0.6 is 11.3 Å². The van der Waals surface area contributed by atoms with E-state index in [2.05, 4.69) is 22.1 Å². The lowest BCUT2D eigenvalue weighted by Crippen LogP contribution is -2.29. The van der Waals surface area contributed by atoms with Crippen LogP contribution in [0.5, 0.6) is 5.75 Å². The molecule has 0 saturated heterocycles. The smallest absolute Gasteiger partial charge is 0.257 e. The Morgan fingerprint density at radius 3 is 2.83 bits per heavy atom. The lowest BCUT2D eigenvalue weighted by molar-refractivity contribution is 0.102. The van der Waals surface area contributed by atoms with Crippen LogP contribution in [0.25, 0.3) is 0 Å². The minimum absolute atomic E-state index is 0.133. The van der Waals surface area contributed by atoms with Gasteiger partial charge in [0, 0.05) is 30.0 Å². The fourth-order valence-electron chi connectivity index (χ4n) is 2.61. The highest BCUT2D eigenvalue weighted by molar-refractivity contribution is 7.15. The monoisotopic (exact) mass is 331 g/mol. The van der Waals surface area contributed by atoms with Crippen LogP contribution in [-0.4, -0.2) is 35.5 Å². The number of carbonyl (C=O) groups is 1. The number of carbonyl (C=O) groups excluding carboxylic acids is 1. The molecule has 23 heavy (non-hydrogen) atoms. The van der Waals surface area contributed by atoms with Gasteiger partial charge in [-0.25, -0.2) is 4.98 Å². The lowest BCUT2D eigenvalue weighted by atomic mass is 10.2. The molecule has 0 atom stereocenters. The van der Waals surface area contributed by atoms with Crippen LogP contribution in [-0.2, 0) is 13.0 Å². The van der Waals surface area contributed by atoms with Crippen molar-refractivity contribution >= 4 is 22.4 Å². The second-order valence-electron chi connectivity index (χ2n) is 5.42. The number of hydrogen-bond donors (Lipinski definition) is 1. The molecule has 2 aromatic rings. The highest BCUT2D eigenvalue weighted by atomic mass is 32.1. The van der Waals surface area contributed by atoms with Crippen molar-refractivity contribution in [3.8, 4) is 5.75 Å². The van der Waals surface area contributed by atoms with E-state index < -0.39 is 0 Å². The van der Waals surface area contributed by atoms with Gasteiger partial charge in [-0.05, 0) is 37.7 Å². The van der Waals surface area contributed by atoms with Crippen molar-refractivity contribution in [1.82, 2.24) is 9.88 Å².